The molecule has 0 unspecified atom stereocenters. The van der Waals surface area contributed by atoms with E-state index in [9.17, 15) is 18.8 Å². The smallest absolute Gasteiger partial charge is 0.325 e. The van der Waals surface area contributed by atoms with Crippen molar-refractivity contribution in [2.45, 2.75) is 0 Å². The van der Waals surface area contributed by atoms with E-state index < -0.39 is 36.8 Å². The van der Waals surface area contributed by atoms with Crippen molar-refractivity contribution in [2.24, 2.45) is 0 Å². The highest BCUT2D eigenvalue weighted by Crippen LogP contribution is 2.08. The van der Waals surface area contributed by atoms with Gasteiger partial charge in [0.15, 0.2) is 6.61 Å². The molecule has 0 heterocycles. The lowest BCUT2D eigenvalue weighted by Crippen LogP contribution is -2.32. The van der Waals surface area contributed by atoms with Crippen LogP contribution in [0.1, 0.15) is 15.9 Å². The quantitative estimate of drug-likeness (QED) is 0.765. The van der Waals surface area contributed by atoms with Gasteiger partial charge in [0.2, 0.25) is 0 Å². The first-order chi connectivity index (χ1) is 12.5. The number of nitrogens with zero attached hydrogens (tertiary/aromatic N) is 1. The molecule has 0 aliphatic carbocycles. The number of carbonyl (C=O) groups is 3. The van der Waals surface area contributed by atoms with Gasteiger partial charge in [0.05, 0.1) is 17.2 Å². The molecule has 0 atom stereocenters. The molecule has 8 heteroatoms. The fourth-order valence-electron chi connectivity index (χ4n) is 1.92. The van der Waals surface area contributed by atoms with Gasteiger partial charge in [-0.25, -0.2) is 4.39 Å². The number of hydrogen-bond donors (Lipinski definition) is 2. The Balaban J connectivity index is 1.74. The van der Waals surface area contributed by atoms with E-state index in [0.29, 0.717) is 11.3 Å². The number of nitriles is 1. The van der Waals surface area contributed by atoms with Crippen LogP contribution in [0.4, 0.5) is 10.1 Å². The molecule has 2 N–H and O–H groups in total. The molecular weight excluding hydrogens is 341 g/mol. The van der Waals surface area contributed by atoms with Gasteiger partial charge in [-0.15, -0.1) is 0 Å². The number of nitrogens with one attached hydrogen (secondary N) is 2. The van der Waals surface area contributed by atoms with Crippen molar-refractivity contribution in [3.05, 3.63) is 65.5 Å². The van der Waals surface area contributed by atoms with Gasteiger partial charge in [-0.1, -0.05) is 12.1 Å². The van der Waals surface area contributed by atoms with Gasteiger partial charge < -0.3 is 15.4 Å². The number of esters is 1. The first-order valence-electron chi connectivity index (χ1n) is 7.48. The molecule has 0 radical (unpaired) electrons. The van der Waals surface area contributed by atoms with Gasteiger partial charge in [0, 0.05) is 5.69 Å². The molecule has 0 aliphatic rings. The topological polar surface area (TPSA) is 108 Å². The maximum atomic E-state index is 13.4. The van der Waals surface area contributed by atoms with Gasteiger partial charge >= 0.3 is 5.97 Å². The monoisotopic (exact) mass is 355 g/mol. The molecule has 0 saturated heterocycles. The standard InChI is InChI=1S/C18H14FN3O4/c19-15-4-2-1-3-14(15)18(25)21-10-17(24)26-11-16(23)22-13-7-5-12(9-20)6-8-13/h1-8H,10-11H2,(H,21,25)(H,22,23). The minimum Gasteiger partial charge on any atom is -0.454 e. The number of carbonyl (C=O) groups excluding carboxylic acids is 3. The molecule has 0 spiro atoms. The third-order valence-corrected chi connectivity index (χ3v) is 3.17. The largest absolute Gasteiger partial charge is 0.454 e. The molecule has 0 bridgehead atoms. The highest BCUT2D eigenvalue weighted by atomic mass is 19.1. The Morgan fingerprint density at radius 3 is 2.42 bits per heavy atom. The van der Waals surface area contributed by atoms with Crippen LogP contribution in [0.3, 0.4) is 0 Å². The summed E-state index contributed by atoms with van der Waals surface area (Å²) in [5, 5.41) is 13.4. The molecule has 2 aromatic rings. The summed E-state index contributed by atoms with van der Waals surface area (Å²) in [4.78, 5) is 35.0. The van der Waals surface area contributed by atoms with Gasteiger partial charge in [-0.3, -0.25) is 14.4 Å². The average Bonchev–Trinajstić information content (AvgIpc) is 2.65. The summed E-state index contributed by atoms with van der Waals surface area (Å²) < 4.78 is 18.2. The van der Waals surface area contributed by atoms with Crippen molar-refractivity contribution >= 4 is 23.5 Å². The van der Waals surface area contributed by atoms with Gasteiger partial charge in [0.25, 0.3) is 11.8 Å². The van der Waals surface area contributed by atoms with Crippen LogP contribution in [0.5, 0.6) is 0 Å². The summed E-state index contributed by atoms with van der Waals surface area (Å²) in [6, 6.07) is 13.4. The summed E-state index contributed by atoms with van der Waals surface area (Å²) in [6.45, 7) is -1.05. The number of ether oxygens (including phenoxy) is 1. The summed E-state index contributed by atoms with van der Waals surface area (Å²) >= 11 is 0. The molecule has 132 valence electrons. The maximum Gasteiger partial charge on any atom is 0.325 e. The van der Waals surface area contributed by atoms with Crippen LogP contribution < -0.4 is 10.6 Å². The minimum atomic E-state index is -0.843. The van der Waals surface area contributed by atoms with Crippen molar-refractivity contribution in [3.63, 3.8) is 0 Å². The molecule has 0 fully saturated rings. The van der Waals surface area contributed by atoms with E-state index in [0.717, 1.165) is 6.07 Å². The average molecular weight is 355 g/mol. The predicted octanol–water partition coefficient (Wildman–Crippen LogP) is 1.61. The molecule has 26 heavy (non-hydrogen) atoms. The first kappa shape index (κ1) is 18.6. The number of hydrogen-bond acceptors (Lipinski definition) is 5. The van der Waals surface area contributed by atoms with E-state index in [4.69, 9.17) is 10.00 Å². The maximum absolute atomic E-state index is 13.4. The lowest BCUT2D eigenvalue weighted by atomic mass is 10.2. The summed E-state index contributed by atoms with van der Waals surface area (Å²) in [5.41, 5.74) is 0.691. The second-order valence-corrected chi connectivity index (χ2v) is 5.06. The molecular formula is C18H14FN3O4. The zero-order chi connectivity index (χ0) is 18.9. The Morgan fingerprint density at radius 2 is 1.77 bits per heavy atom. The second kappa shape index (κ2) is 8.94. The molecule has 2 aromatic carbocycles. The fraction of sp³-hybridized carbons (Fsp3) is 0.111. The third-order valence-electron chi connectivity index (χ3n) is 3.17. The van der Waals surface area contributed by atoms with Crippen LogP contribution in [0.15, 0.2) is 48.5 Å². The zero-order valence-electron chi connectivity index (χ0n) is 13.5. The molecule has 7 nitrogen and oxygen atoms in total. The number of benzene rings is 2. The van der Waals surface area contributed by atoms with Gasteiger partial charge in [-0.05, 0) is 36.4 Å². The number of amides is 2. The highest BCUT2D eigenvalue weighted by molar-refractivity contribution is 5.96. The van der Waals surface area contributed by atoms with E-state index in [1.54, 1.807) is 0 Å². The zero-order valence-corrected chi connectivity index (χ0v) is 13.5. The van der Waals surface area contributed by atoms with Gasteiger partial charge in [0.1, 0.15) is 12.4 Å². The molecule has 0 saturated carbocycles. The van der Waals surface area contributed by atoms with Crippen LogP contribution in [0.25, 0.3) is 0 Å². The normalized spacial score (nSPS) is 9.69. The Morgan fingerprint density at radius 1 is 1.08 bits per heavy atom. The number of halogens is 1. The van der Waals surface area contributed by atoms with E-state index in [2.05, 4.69) is 10.6 Å². The molecule has 2 rings (SSSR count). The SMILES string of the molecule is N#Cc1ccc(NC(=O)COC(=O)CNC(=O)c2ccccc2F)cc1. The third kappa shape index (κ3) is 5.42. The fourth-order valence-corrected chi connectivity index (χ4v) is 1.92. The second-order valence-electron chi connectivity index (χ2n) is 5.06. The van der Waals surface area contributed by atoms with Crippen LogP contribution in [0, 0.1) is 17.1 Å². The van der Waals surface area contributed by atoms with E-state index >= 15 is 0 Å². The lowest BCUT2D eigenvalue weighted by molar-refractivity contribution is -0.146. The molecule has 0 aliphatic heterocycles. The van der Waals surface area contributed by atoms with Crippen molar-refractivity contribution in [1.29, 1.82) is 5.26 Å². The van der Waals surface area contributed by atoms with Crippen molar-refractivity contribution in [3.8, 4) is 6.07 Å². The van der Waals surface area contributed by atoms with E-state index in [1.165, 1.54) is 42.5 Å². The van der Waals surface area contributed by atoms with Gasteiger partial charge in [-0.2, -0.15) is 5.26 Å². The Bertz CT molecular complexity index is 859. The van der Waals surface area contributed by atoms with Crippen molar-refractivity contribution in [1.82, 2.24) is 5.32 Å². The van der Waals surface area contributed by atoms with E-state index in [1.807, 2.05) is 6.07 Å². The Kier molecular flexibility index (Phi) is 6.40. The van der Waals surface area contributed by atoms with E-state index in [-0.39, 0.29) is 5.56 Å². The van der Waals surface area contributed by atoms with Crippen molar-refractivity contribution < 1.29 is 23.5 Å². The minimum absolute atomic E-state index is 0.196. The van der Waals surface area contributed by atoms with Crippen LogP contribution in [-0.4, -0.2) is 30.9 Å². The summed E-state index contributed by atoms with van der Waals surface area (Å²) in [5.74, 6) is -2.89. The van der Waals surface area contributed by atoms with Crippen LogP contribution in [0.2, 0.25) is 0 Å². The molecule has 0 aromatic heterocycles. The van der Waals surface area contributed by atoms with Crippen LogP contribution in [-0.2, 0) is 14.3 Å². The number of anilines is 1. The van der Waals surface area contributed by atoms with Crippen LogP contribution >= 0.6 is 0 Å². The molecule has 2 amide bonds. The number of rotatable bonds is 6. The summed E-state index contributed by atoms with van der Waals surface area (Å²) in [7, 11) is 0. The first-order valence-corrected chi connectivity index (χ1v) is 7.48. The highest BCUT2D eigenvalue weighted by Gasteiger charge is 2.13. The Hall–Kier alpha value is -3.73. The summed E-state index contributed by atoms with van der Waals surface area (Å²) in [6.07, 6.45) is 0. The lowest BCUT2D eigenvalue weighted by Gasteiger charge is -2.08. The van der Waals surface area contributed by atoms with Crippen molar-refractivity contribution in [2.75, 3.05) is 18.5 Å². The Labute approximate surface area is 148 Å². The predicted molar refractivity (Wildman–Crippen MR) is 89.5 cm³/mol.